The Balaban J connectivity index is 2.60. The molecule has 1 aromatic rings. The third-order valence-corrected chi connectivity index (χ3v) is 1.87. The summed E-state index contributed by atoms with van der Waals surface area (Å²) in [5.41, 5.74) is 5.91. The van der Waals surface area contributed by atoms with E-state index in [2.05, 4.69) is 0 Å². The van der Waals surface area contributed by atoms with Crippen LogP contribution in [0, 0.1) is 5.82 Å². The van der Waals surface area contributed by atoms with Gasteiger partial charge in [0.25, 0.3) is 0 Å². The Labute approximate surface area is 68.6 Å². The standard InChI is InChI=1S/C8H8FNO2/c9-5-1-4(11)2-7-8(5)6(10)3-12-7/h1-2,6,11H,3,10H2/t6-/m0/s1. The van der Waals surface area contributed by atoms with E-state index in [4.69, 9.17) is 15.6 Å². The highest BCUT2D eigenvalue weighted by Crippen LogP contribution is 2.35. The van der Waals surface area contributed by atoms with E-state index in [0.29, 0.717) is 11.3 Å². The molecule has 4 heteroatoms. The van der Waals surface area contributed by atoms with E-state index in [1.54, 1.807) is 0 Å². The van der Waals surface area contributed by atoms with E-state index in [-0.39, 0.29) is 12.4 Å². The molecule has 3 N–H and O–H groups in total. The Kier molecular flexibility index (Phi) is 1.44. The summed E-state index contributed by atoms with van der Waals surface area (Å²) in [5, 5.41) is 9.00. The minimum absolute atomic E-state index is 0.139. The highest BCUT2D eigenvalue weighted by molar-refractivity contribution is 5.45. The molecule has 1 aliphatic heterocycles. The lowest BCUT2D eigenvalue weighted by atomic mass is 10.1. The second-order valence-electron chi connectivity index (χ2n) is 2.76. The Morgan fingerprint density at radius 3 is 3.08 bits per heavy atom. The number of hydrogen-bond acceptors (Lipinski definition) is 3. The van der Waals surface area contributed by atoms with Gasteiger partial charge in [0.05, 0.1) is 11.6 Å². The summed E-state index contributed by atoms with van der Waals surface area (Å²) in [4.78, 5) is 0. The first kappa shape index (κ1) is 7.36. The van der Waals surface area contributed by atoms with Crippen molar-refractivity contribution < 1.29 is 14.2 Å². The number of halogens is 1. The topological polar surface area (TPSA) is 55.5 Å². The van der Waals surface area contributed by atoms with E-state index >= 15 is 0 Å². The second-order valence-corrected chi connectivity index (χ2v) is 2.76. The fourth-order valence-electron chi connectivity index (χ4n) is 1.32. The van der Waals surface area contributed by atoms with Crippen molar-refractivity contribution in [2.75, 3.05) is 6.61 Å². The van der Waals surface area contributed by atoms with Crippen LogP contribution in [0.1, 0.15) is 11.6 Å². The van der Waals surface area contributed by atoms with Gasteiger partial charge in [0.15, 0.2) is 0 Å². The number of fused-ring (bicyclic) bond motifs is 1. The number of phenols is 1. The predicted molar refractivity (Wildman–Crippen MR) is 40.5 cm³/mol. The van der Waals surface area contributed by atoms with Crippen LogP contribution >= 0.6 is 0 Å². The molecule has 0 saturated carbocycles. The third-order valence-electron chi connectivity index (χ3n) is 1.87. The maximum absolute atomic E-state index is 13.1. The number of rotatable bonds is 0. The predicted octanol–water partition coefficient (Wildman–Crippen LogP) is 0.923. The van der Waals surface area contributed by atoms with Gasteiger partial charge < -0.3 is 15.6 Å². The van der Waals surface area contributed by atoms with E-state index in [1.807, 2.05) is 0 Å². The van der Waals surface area contributed by atoms with Crippen LogP contribution in [0.4, 0.5) is 4.39 Å². The van der Waals surface area contributed by atoms with Gasteiger partial charge in [-0.25, -0.2) is 4.39 Å². The summed E-state index contributed by atoms with van der Waals surface area (Å²) in [5.74, 6) is -0.296. The number of ether oxygens (including phenoxy) is 1. The summed E-state index contributed by atoms with van der Waals surface area (Å²) in [6.45, 7) is 0.274. The van der Waals surface area contributed by atoms with Crippen LogP contribution in [-0.4, -0.2) is 11.7 Å². The zero-order valence-electron chi connectivity index (χ0n) is 6.25. The Bertz CT molecular complexity index is 327. The first-order valence-electron chi connectivity index (χ1n) is 3.59. The minimum atomic E-state index is -0.505. The van der Waals surface area contributed by atoms with Crippen molar-refractivity contribution in [1.29, 1.82) is 0 Å². The molecule has 64 valence electrons. The molecular formula is C8H8FNO2. The molecule has 0 radical (unpaired) electrons. The molecule has 0 aliphatic carbocycles. The minimum Gasteiger partial charge on any atom is -0.508 e. The molecule has 0 saturated heterocycles. The van der Waals surface area contributed by atoms with Gasteiger partial charge >= 0.3 is 0 Å². The van der Waals surface area contributed by atoms with E-state index in [9.17, 15) is 4.39 Å². The summed E-state index contributed by atoms with van der Waals surface area (Å²) in [6.07, 6.45) is 0. The molecule has 12 heavy (non-hydrogen) atoms. The molecule has 0 amide bonds. The Hall–Kier alpha value is -1.29. The fraction of sp³-hybridized carbons (Fsp3) is 0.250. The summed E-state index contributed by atoms with van der Waals surface area (Å²) >= 11 is 0. The van der Waals surface area contributed by atoms with Crippen LogP contribution < -0.4 is 10.5 Å². The molecule has 1 heterocycles. The molecule has 1 aliphatic rings. The number of phenolic OH excluding ortho intramolecular Hbond substituents is 1. The molecule has 0 fully saturated rings. The van der Waals surface area contributed by atoms with E-state index in [0.717, 1.165) is 6.07 Å². The first-order valence-corrected chi connectivity index (χ1v) is 3.59. The Morgan fingerprint density at radius 2 is 2.33 bits per heavy atom. The van der Waals surface area contributed by atoms with Gasteiger partial charge in [0, 0.05) is 12.1 Å². The van der Waals surface area contributed by atoms with Gasteiger partial charge in [-0.15, -0.1) is 0 Å². The molecule has 0 aromatic heterocycles. The van der Waals surface area contributed by atoms with Crippen molar-refractivity contribution in [3.63, 3.8) is 0 Å². The zero-order chi connectivity index (χ0) is 8.72. The lowest BCUT2D eigenvalue weighted by Crippen LogP contribution is -2.11. The quantitative estimate of drug-likeness (QED) is 0.607. The molecule has 0 unspecified atom stereocenters. The largest absolute Gasteiger partial charge is 0.508 e. The SMILES string of the molecule is N[C@H]1COc2cc(O)cc(F)c21. The lowest BCUT2D eigenvalue weighted by Gasteiger charge is -2.02. The zero-order valence-corrected chi connectivity index (χ0v) is 6.25. The normalized spacial score (nSPS) is 20.3. The van der Waals surface area contributed by atoms with Crippen molar-refractivity contribution in [1.82, 2.24) is 0 Å². The van der Waals surface area contributed by atoms with Crippen LogP contribution in [0.25, 0.3) is 0 Å². The van der Waals surface area contributed by atoms with Gasteiger partial charge in [-0.3, -0.25) is 0 Å². The highest BCUT2D eigenvalue weighted by Gasteiger charge is 2.25. The van der Waals surface area contributed by atoms with Crippen molar-refractivity contribution >= 4 is 0 Å². The van der Waals surface area contributed by atoms with Crippen LogP contribution in [-0.2, 0) is 0 Å². The smallest absolute Gasteiger partial charge is 0.135 e. The molecule has 3 nitrogen and oxygen atoms in total. The molecule has 0 spiro atoms. The van der Waals surface area contributed by atoms with Crippen LogP contribution in [0.2, 0.25) is 0 Å². The molecule has 1 atom stereocenters. The summed E-state index contributed by atoms with van der Waals surface area (Å²) < 4.78 is 18.1. The first-order chi connectivity index (χ1) is 5.68. The molecular weight excluding hydrogens is 161 g/mol. The van der Waals surface area contributed by atoms with Gasteiger partial charge in [-0.2, -0.15) is 0 Å². The van der Waals surface area contributed by atoms with Crippen LogP contribution in [0.5, 0.6) is 11.5 Å². The number of benzene rings is 1. The van der Waals surface area contributed by atoms with Gasteiger partial charge in [-0.05, 0) is 0 Å². The fourth-order valence-corrected chi connectivity index (χ4v) is 1.32. The monoisotopic (exact) mass is 169 g/mol. The summed E-state index contributed by atoms with van der Waals surface area (Å²) in [7, 11) is 0. The number of nitrogens with two attached hydrogens (primary N) is 1. The average Bonchev–Trinajstić information content (AvgIpc) is 2.31. The maximum atomic E-state index is 13.1. The Morgan fingerprint density at radius 1 is 1.58 bits per heavy atom. The number of aromatic hydroxyl groups is 1. The van der Waals surface area contributed by atoms with E-state index < -0.39 is 11.9 Å². The van der Waals surface area contributed by atoms with Crippen molar-refractivity contribution in [3.8, 4) is 11.5 Å². The van der Waals surface area contributed by atoms with Crippen molar-refractivity contribution in [2.24, 2.45) is 5.73 Å². The average molecular weight is 169 g/mol. The van der Waals surface area contributed by atoms with Crippen molar-refractivity contribution in [3.05, 3.63) is 23.5 Å². The molecule has 2 rings (SSSR count). The van der Waals surface area contributed by atoms with Gasteiger partial charge in [0.2, 0.25) is 0 Å². The summed E-state index contributed by atoms with van der Waals surface area (Å²) in [6, 6.07) is 1.99. The molecule has 1 aromatic carbocycles. The number of hydrogen-bond donors (Lipinski definition) is 2. The van der Waals surface area contributed by atoms with E-state index in [1.165, 1.54) is 6.07 Å². The molecule has 0 bridgehead atoms. The van der Waals surface area contributed by atoms with Gasteiger partial charge in [0.1, 0.15) is 23.9 Å². The second kappa shape index (κ2) is 2.35. The lowest BCUT2D eigenvalue weighted by molar-refractivity contribution is 0.332. The highest BCUT2D eigenvalue weighted by atomic mass is 19.1. The maximum Gasteiger partial charge on any atom is 0.135 e. The van der Waals surface area contributed by atoms with Crippen LogP contribution in [0.3, 0.4) is 0 Å². The third kappa shape index (κ3) is 0.921. The van der Waals surface area contributed by atoms with Gasteiger partial charge in [-0.1, -0.05) is 0 Å². The van der Waals surface area contributed by atoms with Crippen molar-refractivity contribution in [2.45, 2.75) is 6.04 Å². The van der Waals surface area contributed by atoms with Crippen LogP contribution in [0.15, 0.2) is 12.1 Å².